The zero-order valence-corrected chi connectivity index (χ0v) is 30.9. The molecule has 4 bridgehead atoms. The standard InChI is InChI=1S/C38H42F2N4O5S2/c1-23(35(45)46)18-24-8-6-9-25(19-24)38(4)15-7-14-37(2,3)22-51(48,49)17-13-28-27-12-16-41-32(27)21-31(40)33(28)50(47)26-10-11-30(39)29(20-26)34-42-36(38)43-44(34)5/h6,8-12,16,19-21,23,41H,7,13-15,17-18,22H2,1-5H3,(H,45,46)/t23-,38-,50+/m1/s1. The molecule has 51 heavy (non-hydrogen) atoms. The van der Waals surface area contributed by atoms with Crippen molar-refractivity contribution in [2.75, 3.05) is 11.5 Å². The van der Waals surface area contributed by atoms with Crippen LogP contribution in [-0.2, 0) is 51.1 Å². The average molecular weight is 737 g/mol. The molecule has 0 radical (unpaired) electrons. The zero-order chi connectivity index (χ0) is 36.9. The number of hydrogen-bond donors (Lipinski definition) is 2. The quantitative estimate of drug-likeness (QED) is 0.187. The summed E-state index contributed by atoms with van der Waals surface area (Å²) in [4.78, 5) is 19.5. The molecule has 3 aromatic carbocycles. The Morgan fingerprint density at radius 1 is 1.10 bits per heavy atom. The summed E-state index contributed by atoms with van der Waals surface area (Å²) in [7, 11) is -2.01. The monoisotopic (exact) mass is 736 g/mol. The molecule has 0 amide bonds. The van der Waals surface area contributed by atoms with E-state index in [0.29, 0.717) is 48.0 Å². The van der Waals surface area contributed by atoms with Crippen LogP contribution in [0.15, 0.2) is 70.6 Å². The van der Waals surface area contributed by atoms with Crippen LogP contribution in [-0.4, -0.2) is 55.3 Å². The van der Waals surface area contributed by atoms with Gasteiger partial charge in [0.25, 0.3) is 0 Å². The lowest BCUT2D eigenvalue weighted by atomic mass is 9.75. The first-order chi connectivity index (χ1) is 24.0. The second-order valence-corrected chi connectivity index (χ2v) is 18.3. The molecule has 9 nitrogen and oxygen atoms in total. The molecule has 270 valence electrons. The topological polar surface area (TPSA) is 141 Å². The van der Waals surface area contributed by atoms with E-state index in [4.69, 9.17) is 10.1 Å². The maximum atomic E-state index is 15.9. The molecule has 3 heterocycles. The van der Waals surface area contributed by atoms with Crippen molar-refractivity contribution in [2.24, 2.45) is 18.4 Å². The third-order valence-electron chi connectivity index (χ3n) is 10.0. The van der Waals surface area contributed by atoms with Crippen LogP contribution in [0.5, 0.6) is 0 Å². The molecule has 0 saturated heterocycles. The van der Waals surface area contributed by atoms with Crippen LogP contribution in [0.3, 0.4) is 0 Å². The number of carboxylic acids is 1. The Morgan fingerprint density at radius 3 is 2.61 bits per heavy atom. The van der Waals surface area contributed by atoms with Crippen LogP contribution in [0, 0.1) is 23.0 Å². The van der Waals surface area contributed by atoms with Crippen LogP contribution in [0.2, 0.25) is 0 Å². The number of H-pyrrole nitrogens is 1. The number of aliphatic carboxylic acids is 1. The largest absolute Gasteiger partial charge is 0.606 e. The van der Waals surface area contributed by atoms with E-state index in [1.54, 1.807) is 26.2 Å². The van der Waals surface area contributed by atoms with E-state index in [2.05, 4.69) is 4.98 Å². The fraction of sp³-hybridized carbons (Fsp3) is 0.395. The SMILES string of the molecule is C[C@H](Cc1cccc([C@@]2(C)CCCC(C)(C)CS(=O)(=O)CCc3c(c(F)cc4[nH]ccc34)[S@@+]([O-])c3ccc(F)c(c3)-c3nc2nn3C)c1)C(=O)O. The van der Waals surface area contributed by atoms with E-state index in [-0.39, 0.29) is 39.1 Å². The summed E-state index contributed by atoms with van der Waals surface area (Å²) in [5.41, 5.74) is 1.03. The van der Waals surface area contributed by atoms with Gasteiger partial charge in [-0.2, -0.15) is 5.10 Å². The van der Waals surface area contributed by atoms with Gasteiger partial charge in [-0.3, -0.25) is 4.79 Å². The normalized spacial score (nSPS) is 21.4. The maximum Gasteiger partial charge on any atom is 0.306 e. The summed E-state index contributed by atoms with van der Waals surface area (Å²) in [5, 5.41) is 14.9. The van der Waals surface area contributed by atoms with Crippen molar-refractivity contribution in [2.45, 2.75) is 75.0 Å². The number of aromatic amines is 1. The van der Waals surface area contributed by atoms with Crippen molar-refractivity contribution in [3.05, 3.63) is 94.9 Å². The van der Waals surface area contributed by atoms with Gasteiger partial charge in [-0.1, -0.05) is 51.5 Å². The minimum Gasteiger partial charge on any atom is -0.606 e. The number of carbonyl (C=O) groups is 1. The van der Waals surface area contributed by atoms with Crippen molar-refractivity contribution in [3.8, 4) is 11.4 Å². The van der Waals surface area contributed by atoms with E-state index in [1.165, 1.54) is 28.9 Å². The van der Waals surface area contributed by atoms with Crippen LogP contribution in [0.1, 0.15) is 69.5 Å². The average Bonchev–Trinajstić information content (AvgIpc) is 3.69. The number of halogens is 2. The Morgan fingerprint density at radius 2 is 1.86 bits per heavy atom. The second-order valence-electron chi connectivity index (χ2n) is 14.7. The molecule has 0 aliphatic carbocycles. The number of rotatable bonds is 4. The molecule has 1 aliphatic rings. The molecule has 3 atom stereocenters. The summed E-state index contributed by atoms with van der Waals surface area (Å²) in [6.45, 7) is 7.46. The van der Waals surface area contributed by atoms with Crippen molar-refractivity contribution in [1.29, 1.82) is 0 Å². The van der Waals surface area contributed by atoms with Gasteiger partial charge < -0.3 is 14.6 Å². The number of carboxylic acid groups (broad SMARTS) is 1. The van der Waals surface area contributed by atoms with Gasteiger partial charge in [0.05, 0.1) is 28.4 Å². The van der Waals surface area contributed by atoms with Gasteiger partial charge >= 0.3 is 5.97 Å². The van der Waals surface area contributed by atoms with Crippen molar-refractivity contribution in [3.63, 3.8) is 0 Å². The van der Waals surface area contributed by atoms with E-state index in [9.17, 15) is 22.9 Å². The third-order valence-corrected chi connectivity index (χ3v) is 13.6. The van der Waals surface area contributed by atoms with E-state index in [0.717, 1.165) is 11.1 Å². The highest BCUT2D eigenvalue weighted by atomic mass is 32.2. The Balaban J connectivity index is 1.52. The summed E-state index contributed by atoms with van der Waals surface area (Å²) in [6.07, 6.45) is 3.55. The highest BCUT2D eigenvalue weighted by Crippen LogP contribution is 2.40. The van der Waals surface area contributed by atoms with E-state index in [1.807, 2.05) is 45.0 Å². The minimum absolute atomic E-state index is 0.0305. The first-order valence-corrected chi connectivity index (χ1v) is 19.9. The molecule has 13 heteroatoms. The van der Waals surface area contributed by atoms with E-state index >= 15 is 8.78 Å². The lowest BCUT2D eigenvalue weighted by molar-refractivity contribution is -0.141. The van der Waals surface area contributed by atoms with Gasteiger partial charge in [0.1, 0.15) is 5.82 Å². The van der Waals surface area contributed by atoms with Gasteiger partial charge in [0.2, 0.25) is 0 Å². The molecule has 0 saturated carbocycles. The van der Waals surface area contributed by atoms with Gasteiger partial charge in [0.15, 0.2) is 37.1 Å². The molecule has 2 aromatic heterocycles. The van der Waals surface area contributed by atoms with E-state index < -0.39 is 55.4 Å². The Bertz CT molecular complexity index is 2230. The number of fused-ring (bicyclic) bond motifs is 8. The first-order valence-electron chi connectivity index (χ1n) is 16.9. The maximum absolute atomic E-state index is 15.9. The fourth-order valence-electron chi connectivity index (χ4n) is 7.22. The highest BCUT2D eigenvalue weighted by molar-refractivity contribution is 7.92. The van der Waals surface area contributed by atoms with Gasteiger partial charge in [-0.15, -0.1) is 0 Å². The van der Waals surface area contributed by atoms with Gasteiger partial charge in [-0.05, 0) is 67.3 Å². The number of sulfone groups is 1. The number of benzene rings is 3. The molecular weight excluding hydrogens is 695 g/mol. The zero-order valence-electron chi connectivity index (χ0n) is 29.3. The van der Waals surface area contributed by atoms with Crippen LogP contribution in [0.4, 0.5) is 8.78 Å². The number of nitrogens with zero attached hydrogens (tertiary/aromatic N) is 3. The lowest BCUT2D eigenvalue weighted by Crippen LogP contribution is -2.29. The molecule has 5 aromatic rings. The summed E-state index contributed by atoms with van der Waals surface area (Å²) < 4.78 is 74.6. The molecule has 1 aliphatic heterocycles. The molecular formula is C38H42F2N4O5S2. The summed E-state index contributed by atoms with van der Waals surface area (Å²) in [6, 6.07) is 14.5. The predicted molar refractivity (Wildman–Crippen MR) is 193 cm³/mol. The summed E-state index contributed by atoms with van der Waals surface area (Å²) >= 11 is -2.15. The minimum atomic E-state index is -3.66. The fourth-order valence-corrected chi connectivity index (χ4v) is 10.5. The molecule has 0 unspecified atom stereocenters. The number of aryl methyl sites for hydroxylation is 2. The second kappa shape index (κ2) is 13.8. The van der Waals surface area contributed by atoms with Crippen LogP contribution in [0.25, 0.3) is 22.3 Å². The lowest BCUT2D eigenvalue weighted by Gasteiger charge is -2.31. The van der Waals surface area contributed by atoms with Crippen LogP contribution >= 0.6 is 0 Å². The number of nitrogens with one attached hydrogen (secondary N) is 1. The number of aromatic nitrogens is 4. The van der Waals surface area contributed by atoms with Crippen molar-refractivity contribution >= 4 is 37.9 Å². The highest BCUT2D eigenvalue weighted by Gasteiger charge is 2.37. The predicted octanol–water partition coefficient (Wildman–Crippen LogP) is 7.14. The smallest absolute Gasteiger partial charge is 0.306 e. The first kappa shape index (κ1) is 36.7. The summed E-state index contributed by atoms with van der Waals surface area (Å²) in [5.74, 6) is -2.67. The van der Waals surface area contributed by atoms with Crippen LogP contribution < -0.4 is 0 Å². The Labute approximate surface area is 299 Å². The van der Waals surface area contributed by atoms with Crippen molar-refractivity contribution < 1.29 is 31.7 Å². The third kappa shape index (κ3) is 7.47. The molecule has 0 fully saturated rings. The molecule has 6 rings (SSSR count). The number of hydrogen-bond acceptors (Lipinski definition) is 6. The van der Waals surface area contributed by atoms with Gasteiger partial charge in [0, 0.05) is 53.0 Å². The van der Waals surface area contributed by atoms with Crippen molar-refractivity contribution in [1.82, 2.24) is 19.7 Å². The molecule has 2 N–H and O–H groups in total. The Kier molecular flexibility index (Phi) is 9.94. The molecule has 0 spiro atoms. The Hall–Kier alpha value is -4.07. The van der Waals surface area contributed by atoms with Gasteiger partial charge in [-0.25, -0.2) is 26.9 Å².